The van der Waals surface area contributed by atoms with E-state index in [4.69, 9.17) is 14.2 Å². The molecule has 3 aromatic rings. The van der Waals surface area contributed by atoms with Crippen LogP contribution in [0.3, 0.4) is 0 Å². The molecule has 0 fully saturated rings. The van der Waals surface area contributed by atoms with Crippen LogP contribution < -0.4 is 24.4 Å². The molecule has 1 aliphatic rings. The van der Waals surface area contributed by atoms with Gasteiger partial charge in [-0.05, 0) is 55.3 Å². The molecule has 186 valence electrons. The summed E-state index contributed by atoms with van der Waals surface area (Å²) in [4.78, 5) is 31.6. The molecule has 0 saturated heterocycles. The van der Waals surface area contributed by atoms with Crippen LogP contribution in [0.4, 0.5) is 0 Å². The van der Waals surface area contributed by atoms with Crippen LogP contribution in [-0.4, -0.2) is 36.0 Å². The number of aromatic nitrogens is 1. The van der Waals surface area contributed by atoms with E-state index in [1.807, 2.05) is 12.1 Å². The fourth-order valence-electron chi connectivity index (χ4n) is 3.96. The molecule has 1 aromatic heterocycles. The minimum absolute atomic E-state index is 0.0314. The zero-order valence-corrected chi connectivity index (χ0v) is 21.0. The SMILES string of the molecule is C=CCOc1ccc([C@@H]2C(C(=O)OCC)=C(C)N=c3sc(=Cc4ccc(OC)c(O)c4)c(=O)n32)cc1. The van der Waals surface area contributed by atoms with E-state index >= 15 is 0 Å². The van der Waals surface area contributed by atoms with Gasteiger partial charge in [0.15, 0.2) is 16.3 Å². The molecule has 0 unspecified atom stereocenters. The maximum absolute atomic E-state index is 13.6. The summed E-state index contributed by atoms with van der Waals surface area (Å²) >= 11 is 1.21. The first kappa shape index (κ1) is 25.0. The number of thiazole rings is 1. The second kappa shape index (κ2) is 10.7. The molecule has 1 aliphatic heterocycles. The van der Waals surface area contributed by atoms with Gasteiger partial charge in [0, 0.05) is 0 Å². The summed E-state index contributed by atoms with van der Waals surface area (Å²) < 4.78 is 17.9. The van der Waals surface area contributed by atoms with E-state index < -0.39 is 12.0 Å². The lowest BCUT2D eigenvalue weighted by Gasteiger charge is -2.24. The Morgan fingerprint density at radius 3 is 2.64 bits per heavy atom. The van der Waals surface area contributed by atoms with E-state index in [-0.39, 0.29) is 17.9 Å². The minimum atomic E-state index is -0.722. The number of aromatic hydroxyl groups is 1. The largest absolute Gasteiger partial charge is 0.504 e. The molecular formula is C27H26N2O6S. The van der Waals surface area contributed by atoms with Gasteiger partial charge in [0.2, 0.25) is 0 Å². The van der Waals surface area contributed by atoms with Crippen molar-refractivity contribution in [3.8, 4) is 17.2 Å². The van der Waals surface area contributed by atoms with Crippen molar-refractivity contribution >= 4 is 23.4 Å². The minimum Gasteiger partial charge on any atom is -0.504 e. The third-order valence-electron chi connectivity index (χ3n) is 5.58. The van der Waals surface area contributed by atoms with E-state index in [1.165, 1.54) is 29.1 Å². The average Bonchev–Trinajstić information content (AvgIpc) is 3.16. The molecule has 2 aromatic carbocycles. The summed E-state index contributed by atoms with van der Waals surface area (Å²) in [6.07, 6.45) is 3.33. The van der Waals surface area contributed by atoms with Crippen molar-refractivity contribution in [3.05, 3.63) is 97.2 Å². The predicted molar refractivity (Wildman–Crippen MR) is 137 cm³/mol. The number of esters is 1. The standard InChI is InChI=1S/C27H26N2O6S/c1-5-13-35-19-10-8-18(9-11-19)24-23(26(32)34-6-2)16(3)28-27-29(24)25(31)22(36-27)15-17-7-12-21(33-4)20(30)14-17/h5,7-12,14-15,24,30H,1,6,13H2,2-4H3/t24-/m1/s1. The van der Waals surface area contributed by atoms with Gasteiger partial charge in [0.1, 0.15) is 12.4 Å². The maximum Gasteiger partial charge on any atom is 0.338 e. The number of carbonyl (C=O) groups is 1. The lowest BCUT2D eigenvalue weighted by atomic mass is 9.96. The Labute approximate surface area is 211 Å². The first-order valence-corrected chi connectivity index (χ1v) is 12.1. The summed E-state index contributed by atoms with van der Waals surface area (Å²) in [5.74, 6) is 0.425. The Hall–Kier alpha value is -4.11. The molecule has 4 rings (SSSR count). The number of allylic oxidation sites excluding steroid dienone is 1. The number of methoxy groups -OCH3 is 1. The number of benzene rings is 2. The van der Waals surface area contributed by atoms with Gasteiger partial charge in [-0.1, -0.05) is 42.2 Å². The lowest BCUT2D eigenvalue weighted by molar-refractivity contribution is -0.139. The monoisotopic (exact) mass is 506 g/mol. The third-order valence-corrected chi connectivity index (χ3v) is 6.56. The fourth-order valence-corrected chi connectivity index (χ4v) is 5.00. The summed E-state index contributed by atoms with van der Waals surface area (Å²) in [7, 11) is 1.47. The summed E-state index contributed by atoms with van der Waals surface area (Å²) in [6, 6.07) is 11.4. The second-order valence-electron chi connectivity index (χ2n) is 7.90. The van der Waals surface area contributed by atoms with Gasteiger partial charge in [0.25, 0.3) is 5.56 Å². The van der Waals surface area contributed by atoms with Crippen molar-refractivity contribution < 1.29 is 24.1 Å². The molecule has 9 heteroatoms. The maximum atomic E-state index is 13.6. The lowest BCUT2D eigenvalue weighted by Crippen LogP contribution is -2.39. The van der Waals surface area contributed by atoms with Gasteiger partial charge in [-0.25, -0.2) is 9.79 Å². The van der Waals surface area contributed by atoms with Crippen molar-refractivity contribution in [3.63, 3.8) is 0 Å². The van der Waals surface area contributed by atoms with E-state index in [9.17, 15) is 14.7 Å². The molecule has 0 radical (unpaired) electrons. The Balaban J connectivity index is 1.87. The van der Waals surface area contributed by atoms with Gasteiger partial charge >= 0.3 is 5.97 Å². The predicted octanol–water partition coefficient (Wildman–Crippen LogP) is 3.08. The Bertz CT molecular complexity index is 1520. The van der Waals surface area contributed by atoms with Crippen LogP contribution in [0.5, 0.6) is 17.2 Å². The number of rotatable bonds is 8. The van der Waals surface area contributed by atoms with Crippen LogP contribution in [-0.2, 0) is 9.53 Å². The highest BCUT2D eigenvalue weighted by Gasteiger charge is 2.33. The normalized spacial score (nSPS) is 15.2. The molecule has 0 spiro atoms. The van der Waals surface area contributed by atoms with E-state index in [0.29, 0.717) is 49.8 Å². The quantitative estimate of drug-likeness (QED) is 0.372. The molecule has 1 N–H and O–H groups in total. The number of fused-ring (bicyclic) bond motifs is 1. The summed E-state index contributed by atoms with van der Waals surface area (Å²) in [5, 5.41) is 10.1. The molecule has 8 nitrogen and oxygen atoms in total. The number of hydrogen-bond donors (Lipinski definition) is 1. The molecule has 0 saturated carbocycles. The number of phenols is 1. The summed E-state index contributed by atoms with van der Waals surface area (Å²) in [5.41, 5.74) is 1.83. The van der Waals surface area contributed by atoms with Crippen LogP contribution in [0.15, 0.2) is 76.2 Å². The number of phenolic OH excluding ortho intramolecular Hbond substituents is 1. The van der Waals surface area contributed by atoms with Crippen LogP contribution >= 0.6 is 11.3 Å². The summed E-state index contributed by atoms with van der Waals surface area (Å²) in [6.45, 7) is 7.68. The molecule has 36 heavy (non-hydrogen) atoms. The zero-order chi connectivity index (χ0) is 25.8. The molecule has 2 heterocycles. The third kappa shape index (κ3) is 4.83. The Kier molecular flexibility index (Phi) is 7.40. The molecule has 0 aliphatic carbocycles. The first-order chi connectivity index (χ1) is 17.4. The van der Waals surface area contributed by atoms with E-state index in [0.717, 1.165) is 0 Å². The highest BCUT2D eigenvalue weighted by Crippen LogP contribution is 2.32. The molecule has 1 atom stereocenters. The fraction of sp³-hybridized carbons (Fsp3) is 0.222. The van der Waals surface area contributed by atoms with Gasteiger partial charge in [-0.2, -0.15) is 0 Å². The van der Waals surface area contributed by atoms with Crippen LogP contribution in [0, 0.1) is 0 Å². The number of hydrogen-bond acceptors (Lipinski definition) is 8. The van der Waals surface area contributed by atoms with Crippen molar-refractivity contribution in [1.29, 1.82) is 0 Å². The van der Waals surface area contributed by atoms with Crippen LogP contribution in [0.1, 0.15) is 31.0 Å². The van der Waals surface area contributed by atoms with E-state index in [2.05, 4.69) is 11.6 Å². The van der Waals surface area contributed by atoms with Crippen molar-refractivity contribution in [1.82, 2.24) is 4.57 Å². The van der Waals surface area contributed by atoms with Gasteiger partial charge in [0.05, 0.1) is 35.6 Å². The van der Waals surface area contributed by atoms with Gasteiger partial charge in [-0.3, -0.25) is 9.36 Å². The van der Waals surface area contributed by atoms with Crippen molar-refractivity contribution in [2.45, 2.75) is 19.9 Å². The van der Waals surface area contributed by atoms with Gasteiger partial charge < -0.3 is 19.3 Å². The highest BCUT2D eigenvalue weighted by atomic mass is 32.1. The number of ether oxygens (including phenoxy) is 3. The Morgan fingerprint density at radius 2 is 2.00 bits per heavy atom. The highest BCUT2D eigenvalue weighted by molar-refractivity contribution is 7.07. The van der Waals surface area contributed by atoms with Crippen LogP contribution in [0.25, 0.3) is 6.08 Å². The second-order valence-corrected chi connectivity index (χ2v) is 8.91. The van der Waals surface area contributed by atoms with Crippen LogP contribution in [0.2, 0.25) is 0 Å². The topological polar surface area (TPSA) is 99.4 Å². The van der Waals surface area contributed by atoms with Crippen molar-refractivity contribution in [2.24, 2.45) is 4.99 Å². The average molecular weight is 507 g/mol. The molecular weight excluding hydrogens is 480 g/mol. The molecule has 0 bridgehead atoms. The first-order valence-electron chi connectivity index (χ1n) is 11.3. The number of nitrogens with zero attached hydrogens (tertiary/aromatic N) is 2. The number of carbonyl (C=O) groups excluding carboxylic acids is 1. The van der Waals surface area contributed by atoms with Crippen molar-refractivity contribution in [2.75, 3.05) is 20.3 Å². The van der Waals surface area contributed by atoms with Gasteiger partial charge in [-0.15, -0.1) is 0 Å². The van der Waals surface area contributed by atoms with E-state index in [1.54, 1.807) is 50.3 Å². The Morgan fingerprint density at radius 1 is 1.25 bits per heavy atom. The smallest absolute Gasteiger partial charge is 0.338 e. The molecule has 0 amide bonds. The zero-order valence-electron chi connectivity index (χ0n) is 20.2.